The van der Waals surface area contributed by atoms with Gasteiger partial charge in [-0.25, -0.2) is 0 Å². The van der Waals surface area contributed by atoms with E-state index in [0.29, 0.717) is 0 Å². The summed E-state index contributed by atoms with van der Waals surface area (Å²) in [5.41, 5.74) is 2.06. The first-order valence-corrected chi connectivity index (χ1v) is 6.46. The quantitative estimate of drug-likeness (QED) is 0.908. The van der Waals surface area contributed by atoms with E-state index in [0.717, 1.165) is 21.9 Å². The van der Waals surface area contributed by atoms with Crippen molar-refractivity contribution in [1.82, 2.24) is 0 Å². The summed E-state index contributed by atoms with van der Waals surface area (Å²) >= 11 is 1.60. The molecule has 1 unspecified atom stereocenters. The van der Waals surface area contributed by atoms with Gasteiger partial charge in [0.05, 0.1) is 13.2 Å². The molecule has 4 heteroatoms. The number of methoxy groups -OCH3 is 1. The van der Waals surface area contributed by atoms with Gasteiger partial charge >= 0.3 is 0 Å². The van der Waals surface area contributed by atoms with E-state index in [2.05, 4.69) is 11.4 Å². The molecule has 1 N–H and O–H groups in total. The van der Waals surface area contributed by atoms with Crippen molar-refractivity contribution in [3.63, 3.8) is 0 Å². The Kier molecular flexibility index (Phi) is 3.85. The van der Waals surface area contributed by atoms with Gasteiger partial charge in [-0.1, -0.05) is 0 Å². The molecule has 3 nitrogen and oxygen atoms in total. The van der Waals surface area contributed by atoms with E-state index in [1.54, 1.807) is 18.4 Å². The second-order valence-corrected chi connectivity index (χ2v) is 4.85. The third-order valence-corrected chi connectivity index (χ3v) is 3.78. The van der Waals surface area contributed by atoms with Crippen molar-refractivity contribution in [2.45, 2.75) is 13.0 Å². The van der Waals surface area contributed by atoms with Crippen molar-refractivity contribution in [2.24, 2.45) is 0 Å². The molecule has 0 spiro atoms. The zero-order chi connectivity index (χ0) is 13.0. The molecule has 2 aromatic rings. The predicted molar refractivity (Wildman–Crippen MR) is 74.0 cm³/mol. The lowest BCUT2D eigenvalue weighted by atomic mass is 10.1. The van der Waals surface area contributed by atoms with E-state index in [1.165, 1.54) is 0 Å². The number of aryl methyl sites for hydroxylation is 1. The van der Waals surface area contributed by atoms with Gasteiger partial charge in [-0.2, -0.15) is 5.26 Å². The highest BCUT2D eigenvalue weighted by Crippen LogP contribution is 2.27. The van der Waals surface area contributed by atoms with Gasteiger partial charge in [0.1, 0.15) is 11.8 Å². The summed E-state index contributed by atoms with van der Waals surface area (Å²) in [5, 5.41) is 14.5. The highest BCUT2D eigenvalue weighted by atomic mass is 32.1. The Bertz CT molecular complexity index is 554. The normalized spacial score (nSPS) is 11.6. The van der Waals surface area contributed by atoms with Crippen molar-refractivity contribution >= 4 is 17.0 Å². The summed E-state index contributed by atoms with van der Waals surface area (Å²) in [6.45, 7) is 2.02. The van der Waals surface area contributed by atoms with Gasteiger partial charge in [-0.05, 0) is 48.2 Å². The van der Waals surface area contributed by atoms with Gasteiger partial charge < -0.3 is 10.1 Å². The zero-order valence-electron chi connectivity index (χ0n) is 10.3. The molecule has 18 heavy (non-hydrogen) atoms. The molecule has 2 rings (SSSR count). The number of nitriles is 1. The standard InChI is InChI=1S/C14H14N2OS/c1-10-7-8-18-14(10)13(9-15)16-11-3-5-12(17-2)6-4-11/h3-8,13,16H,1-2H3. The molecular formula is C14H14N2OS. The van der Waals surface area contributed by atoms with E-state index in [-0.39, 0.29) is 6.04 Å². The lowest BCUT2D eigenvalue weighted by Gasteiger charge is -2.13. The van der Waals surface area contributed by atoms with Crippen LogP contribution in [0.25, 0.3) is 0 Å². The van der Waals surface area contributed by atoms with Crippen molar-refractivity contribution in [3.05, 3.63) is 46.2 Å². The molecule has 0 aliphatic heterocycles. The Morgan fingerprint density at radius 1 is 1.28 bits per heavy atom. The molecule has 0 fully saturated rings. The summed E-state index contributed by atoms with van der Waals surface area (Å²) in [4.78, 5) is 1.06. The Morgan fingerprint density at radius 3 is 2.50 bits per heavy atom. The van der Waals surface area contributed by atoms with E-state index >= 15 is 0 Å². The van der Waals surface area contributed by atoms with E-state index in [9.17, 15) is 5.26 Å². The van der Waals surface area contributed by atoms with Crippen LogP contribution in [0.15, 0.2) is 35.7 Å². The first-order valence-electron chi connectivity index (χ1n) is 5.59. The number of anilines is 1. The second-order valence-electron chi connectivity index (χ2n) is 3.90. The van der Waals surface area contributed by atoms with Crippen LogP contribution in [0.2, 0.25) is 0 Å². The smallest absolute Gasteiger partial charge is 0.149 e. The lowest BCUT2D eigenvalue weighted by Crippen LogP contribution is -2.07. The molecule has 0 saturated heterocycles. The van der Waals surface area contributed by atoms with Gasteiger partial charge in [-0.3, -0.25) is 0 Å². The molecule has 0 aliphatic rings. The molecule has 1 aromatic carbocycles. The first kappa shape index (κ1) is 12.5. The fraction of sp³-hybridized carbons (Fsp3) is 0.214. The summed E-state index contributed by atoms with van der Waals surface area (Å²) in [5.74, 6) is 0.807. The molecule has 1 heterocycles. The fourth-order valence-electron chi connectivity index (χ4n) is 1.69. The summed E-state index contributed by atoms with van der Waals surface area (Å²) in [6, 6.07) is 11.6. The maximum Gasteiger partial charge on any atom is 0.149 e. The van der Waals surface area contributed by atoms with Crippen LogP contribution in [0.3, 0.4) is 0 Å². The van der Waals surface area contributed by atoms with Gasteiger partial charge in [-0.15, -0.1) is 11.3 Å². The number of rotatable bonds is 4. The van der Waals surface area contributed by atoms with Crippen molar-refractivity contribution in [2.75, 3.05) is 12.4 Å². The van der Waals surface area contributed by atoms with E-state index in [4.69, 9.17) is 4.74 Å². The third kappa shape index (κ3) is 2.63. The maximum atomic E-state index is 9.25. The highest BCUT2D eigenvalue weighted by molar-refractivity contribution is 7.10. The minimum atomic E-state index is -0.307. The Morgan fingerprint density at radius 2 is 2.00 bits per heavy atom. The average Bonchev–Trinajstić information content (AvgIpc) is 2.83. The van der Waals surface area contributed by atoms with E-state index in [1.807, 2.05) is 42.6 Å². The topological polar surface area (TPSA) is 45.0 Å². The highest BCUT2D eigenvalue weighted by Gasteiger charge is 2.14. The van der Waals surface area contributed by atoms with E-state index < -0.39 is 0 Å². The Labute approximate surface area is 111 Å². The summed E-state index contributed by atoms with van der Waals surface area (Å²) < 4.78 is 5.10. The Balaban J connectivity index is 2.16. The molecule has 0 saturated carbocycles. The van der Waals surface area contributed by atoms with Crippen LogP contribution in [-0.4, -0.2) is 7.11 Å². The third-order valence-electron chi connectivity index (χ3n) is 2.69. The lowest BCUT2D eigenvalue weighted by molar-refractivity contribution is 0.415. The molecule has 0 amide bonds. The van der Waals surface area contributed by atoms with Crippen molar-refractivity contribution < 1.29 is 4.74 Å². The number of nitrogens with one attached hydrogen (secondary N) is 1. The van der Waals surface area contributed by atoms with Gasteiger partial charge in [0.15, 0.2) is 0 Å². The molecule has 0 bridgehead atoms. The van der Waals surface area contributed by atoms with Gasteiger partial charge in [0, 0.05) is 10.6 Å². The average molecular weight is 258 g/mol. The summed E-state index contributed by atoms with van der Waals surface area (Å²) in [7, 11) is 1.63. The number of benzene rings is 1. The molecule has 0 radical (unpaired) electrons. The van der Waals surface area contributed by atoms with Crippen molar-refractivity contribution in [3.8, 4) is 11.8 Å². The molecular weight excluding hydrogens is 244 g/mol. The van der Waals surface area contributed by atoms with Crippen LogP contribution in [-0.2, 0) is 0 Å². The number of hydrogen-bond acceptors (Lipinski definition) is 4. The van der Waals surface area contributed by atoms with Crippen LogP contribution in [0.1, 0.15) is 16.5 Å². The van der Waals surface area contributed by atoms with Crippen molar-refractivity contribution in [1.29, 1.82) is 5.26 Å². The predicted octanol–water partition coefficient (Wildman–Crippen LogP) is 3.74. The van der Waals surface area contributed by atoms with Crippen LogP contribution >= 0.6 is 11.3 Å². The largest absolute Gasteiger partial charge is 0.497 e. The van der Waals surface area contributed by atoms with Gasteiger partial charge in [0.2, 0.25) is 0 Å². The SMILES string of the molecule is COc1ccc(NC(C#N)c2sccc2C)cc1. The minimum absolute atomic E-state index is 0.307. The monoisotopic (exact) mass is 258 g/mol. The fourth-order valence-corrected chi connectivity index (χ4v) is 2.61. The van der Waals surface area contributed by atoms with Crippen LogP contribution in [0, 0.1) is 18.3 Å². The Hall–Kier alpha value is -1.99. The first-order chi connectivity index (χ1) is 8.74. The van der Waals surface area contributed by atoms with Gasteiger partial charge in [0.25, 0.3) is 0 Å². The molecule has 1 atom stereocenters. The molecule has 1 aromatic heterocycles. The van der Waals surface area contributed by atoms with Crippen LogP contribution < -0.4 is 10.1 Å². The summed E-state index contributed by atoms with van der Waals surface area (Å²) in [6.07, 6.45) is 0. The molecule has 0 aliphatic carbocycles. The number of nitrogens with zero attached hydrogens (tertiary/aromatic N) is 1. The number of ether oxygens (including phenoxy) is 1. The number of thiophene rings is 1. The minimum Gasteiger partial charge on any atom is -0.497 e. The van der Waals surface area contributed by atoms with Crippen LogP contribution in [0.5, 0.6) is 5.75 Å². The zero-order valence-corrected chi connectivity index (χ0v) is 11.1. The second kappa shape index (κ2) is 5.56. The number of hydrogen-bond donors (Lipinski definition) is 1. The van der Waals surface area contributed by atoms with Crippen LogP contribution in [0.4, 0.5) is 5.69 Å². The maximum absolute atomic E-state index is 9.25. The molecule has 92 valence electrons.